The molecule has 0 spiro atoms. The first kappa shape index (κ1) is 14.8. The third-order valence-corrected chi connectivity index (χ3v) is 3.15. The van der Waals surface area contributed by atoms with Crippen LogP contribution in [-0.2, 0) is 6.54 Å². The highest BCUT2D eigenvalue weighted by atomic mass is 16.1. The zero-order valence-electron chi connectivity index (χ0n) is 12.2. The summed E-state index contributed by atoms with van der Waals surface area (Å²) in [4.78, 5) is 24.0. The van der Waals surface area contributed by atoms with E-state index in [9.17, 15) is 9.59 Å². The summed E-state index contributed by atoms with van der Waals surface area (Å²) in [7, 11) is 1.77. The minimum Gasteiger partial charge on any atom is -0.387 e. The van der Waals surface area contributed by atoms with Crippen molar-refractivity contribution in [3.63, 3.8) is 0 Å². The monoisotopic (exact) mass is 285 g/mol. The van der Waals surface area contributed by atoms with Crippen LogP contribution in [-0.4, -0.2) is 17.5 Å². The number of aromatic nitrogens is 1. The van der Waals surface area contributed by atoms with Crippen LogP contribution in [0.4, 0.5) is 11.4 Å². The van der Waals surface area contributed by atoms with Crippen LogP contribution in [0.1, 0.15) is 23.7 Å². The van der Waals surface area contributed by atoms with Gasteiger partial charge in [0.05, 0.1) is 11.3 Å². The lowest BCUT2D eigenvalue weighted by Gasteiger charge is -2.11. The number of aryl methyl sites for hydroxylation is 1. The van der Waals surface area contributed by atoms with Crippen molar-refractivity contribution in [3.8, 4) is 0 Å². The first-order valence-electron chi connectivity index (χ1n) is 6.94. The Kier molecular flexibility index (Phi) is 4.77. The molecule has 1 aromatic heterocycles. The van der Waals surface area contributed by atoms with Gasteiger partial charge in [-0.05, 0) is 24.6 Å². The second-order valence-electron chi connectivity index (χ2n) is 4.70. The summed E-state index contributed by atoms with van der Waals surface area (Å²) < 4.78 is 1.60. The molecule has 0 aliphatic rings. The van der Waals surface area contributed by atoms with E-state index in [0.29, 0.717) is 17.8 Å². The van der Waals surface area contributed by atoms with Crippen molar-refractivity contribution in [2.75, 3.05) is 17.7 Å². The summed E-state index contributed by atoms with van der Waals surface area (Å²) in [5.74, 6) is -0.207. The Morgan fingerprint density at radius 3 is 2.67 bits per heavy atom. The molecule has 0 aliphatic carbocycles. The second-order valence-corrected chi connectivity index (χ2v) is 4.70. The van der Waals surface area contributed by atoms with Gasteiger partial charge in [0.25, 0.3) is 11.5 Å². The first-order valence-corrected chi connectivity index (χ1v) is 6.94. The topological polar surface area (TPSA) is 63.1 Å². The molecule has 110 valence electrons. The average molecular weight is 285 g/mol. The number of nitrogens with zero attached hydrogens (tertiary/aromatic N) is 1. The summed E-state index contributed by atoms with van der Waals surface area (Å²) in [6, 6.07) is 10.4. The molecular weight excluding hydrogens is 266 g/mol. The van der Waals surface area contributed by atoms with Crippen LogP contribution in [0.5, 0.6) is 0 Å². The Bertz CT molecular complexity index is 692. The van der Waals surface area contributed by atoms with Crippen molar-refractivity contribution >= 4 is 17.3 Å². The summed E-state index contributed by atoms with van der Waals surface area (Å²) in [5, 5.41) is 5.81. The molecule has 0 atom stereocenters. The molecule has 21 heavy (non-hydrogen) atoms. The minimum atomic E-state index is -0.207. The third-order valence-electron chi connectivity index (χ3n) is 3.15. The maximum absolute atomic E-state index is 12.3. The maximum Gasteiger partial charge on any atom is 0.257 e. The van der Waals surface area contributed by atoms with Gasteiger partial charge in [-0.15, -0.1) is 0 Å². The van der Waals surface area contributed by atoms with Crippen LogP contribution in [0.3, 0.4) is 0 Å². The summed E-state index contributed by atoms with van der Waals surface area (Å²) in [6.07, 6.45) is 2.53. The molecule has 0 fully saturated rings. The van der Waals surface area contributed by atoms with Crippen LogP contribution in [0.2, 0.25) is 0 Å². The van der Waals surface area contributed by atoms with Gasteiger partial charge in [0.15, 0.2) is 0 Å². The number of nitrogens with one attached hydrogen (secondary N) is 2. The summed E-state index contributed by atoms with van der Waals surface area (Å²) in [6.45, 7) is 2.64. The van der Waals surface area contributed by atoms with Crippen LogP contribution in [0, 0.1) is 0 Å². The van der Waals surface area contributed by atoms with Gasteiger partial charge in [-0.3, -0.25) is 9.59 Å². The fourth-order valence-electron chi connectivity index (χ4n) is 2.12. The third kappa shape index (κ3) is 3.51. The van der Waals surface area contributed by atoms with Gasteiger partial charge >= 0.3 is 0 Å². The SMILES string of the molecule is CCCn1cc(NC(=O)c2ccccc2NC)ccc1=O. The number of carbonyl (C=O) groups is 1. The molecule has 0 unspecified atom stereocenters. The lowest BCUT2D eigenvalue weighted by molar-refractivity contribution is 0.102. The fraction of sp³-hybridized carbons (Fsp3) is 0.250. The Morgan fingerprint density at radius 2 is 1.95 bits per heavy atom. The zero-order chi connectivity index (χ0) is 15.2. The molecular formula is C16H19N3O2. The maximum atomic E-state index is 12.3. The van der Waals surface area contributed by atoms with Gasteiger partial charge in [0.1, 0.15) is 0 Å². The minimum absolute atomic E-state index is 0.0644. The van der Waals surface area contributed by atoms with E-state index in [1.807, 2.05) is 25.1 Å². The van der Waals surface area contributed by atoms with E-state index in [4.69, 9.17) is 0 Å². The van der Waals surface area contributed by atoms with E-state index in [1.165, 1.54) is 6.07 Å². The van der Waals surface area contributed by atoms with Crippen molar-refractivity contribution < 1.29 is 4.79 Å². The van der Waals surface area contributed by atoms with Crippen molar-refractivity contribution in [2.45, 2.75) is 19.9 Å². The molecule has 1 aromatic carbocycles. The van der Waals surface area contributed by atoms with Gasteiger partial charge in [-0.1, -0.05) is 19.1 Å². The molecule has 2 rings (SSSR count). The number of hydrogen-bond acceptors (Lipinski definition) is 3. The standard InChI is InChI=1S/C16H19N3O2/c1-3-10-19-11-12(8-9-15(19)20)18-16(21)13-6-4-5-7-14(13)17-2/h4-9,11,17H,3,10H2,1-2H3,(H,18,21). The van der Waals surface area contributed by atoms with Crippen LogP contribution < -0.4 is 16.2 Å². The van der Waals surface area contributed by atoms with E-state index < -0.39 is 0 Å². The van der Waals surface area contributed by atoms with Crippen molar-refractivity contribution in [1.29, 1.82) is 0 Å². The van der Waals surface area contributed by atoms with Crippen LogP contribution in [0.25, 0.3) is 0 Å². The predicted octanol–water partition coefficient (Wildman–Crippen LogP) is 2.55. The highest BCUT2D eigenvalue weighted by Gasteiger charge is 2.10. The average Bonchev–Trinajstić information content (AvgIpc) is 2.50. The van der Waals surface area contributed by atoms with Gasteiger partial charge < -0.3 is 15.2 Å². The fourth-order valence-corrected chi connectivity index (χ4v) is 2.12. The molecule has 1 heterocycles. The van der Waals surface area contributed by atoms with Gasteiger partial charge in [0, 0.05) is 31.5 Å². The van der Waals surface area contributed by atoms with Crippen molar-refractivity contribution in [3.05, 3.63) is 58.5 Å². The van der Waals surface area contributed by atoms with E-state index in [0.717, 1.165) is 12.1 Å². The van der Waals surface area contributed by atoms with Crippen LogP contribution in [0.15, 0.2) is 47.4 Å². The molecule has 0 bridgehead atoms. The molecule has 0 radical (unpaired) electrons. The Balaban J connectivity index is 2.23. The molecule has 0 saturated heterocycles. The number of rotatable bonds is 5. The number of amides is 1. The molecule has 5 nitrogen and oxygen atoms in total. The van der Waals surface area contributed by atoms with Gasteiger partial charge in [0.2, 0.25) is 0 Å². The Labute approximate surface area is 123 Å². The Hall–Kier alpha value is -2.56. The highest BCUT2D eigenvalue weighted by molar-refractivity contribution is 6.07. The Morgan fingerprint density at radius 1 is 1.19 bits per heavy atom. The molecule has 1 amide bonds. The van der Waals surface area contributed by atoms with E-state index in [2.05, 4.69) is 10.6 Å². The number of benzene rings is 1. The molecule has 2 N–H and O–H groups in total. The summed E-state index contributed by atoms with van der Waals surface area (Å²) in [5.41, 5.74) is 1.87. The first-order chi connectivity index (χ1) is 10.2. The number of para-hydroxylation sites is 1. The lowest BCUT2D eigenvalue weighted by Crippen LogP contribution is -2.20. The van der Waals surface area contributed by atoms with E-state index >= 15 is 0 Å². The second kappa shape index (κ2) is 6.74. The van der Waals surface area contributed by atoms with E-state index in [1.54, 1.807) is 29.9 Å². The van der Waals surface area contributed by atoms with Crippen LogP contribution >= 0.6 is 0 Å². The van der Waals surface area contributed by atoms with Gasteiger partial charge in [-0.25, -0.2) is 0 Å². The molecule has 0 saturated carbocycles. The number of anilines is 2. The molecule has 5 heteroatoms. The highest BCUT2D eigenvalue weighted by Crippen LogP contribution is 2.16. The van der Waals surface area contributed by atoms with E-state index in [-0.39, 0.29) is 11.5 Å². The van der Waals surface area contributed by atoms with Crippen molar-refractivity contribution in [2.24, 2.45) is 0 Å². The molecule has 2 aromatic rings. The largest absolute Gasteiger partial charge is 0.387 e. The normalized spacial score (nSPS) is 10.2. The van der Waals surface area contributed by atoms with Crippen molar-refractivity contribution in [1.82, 2.24) is 4.57 Å². The quantitative estimate of drug-likeness (QED) is 0.887. The zero-order valence-corrected chi connectivity index (χ0v) is 12.2. The van der Waals surface area contributed by atoms with Gasteiger partial charge in [-0.2, -0.15) is 0 Å². The number of hydrogen-bond donors (Lipinski definition) is 2. The smallest absolute Gasteiger partial charge is 0.257 e. The lowest BCUT2D eigenvalue weighted by atomic mass is 10.1. The number of pyridine rings is 1. The number of carbonyl (C=O) groups excluding carboxylic acids is 1. The summed E-state index contributed by atoms with van der Waals surface area (Å²) >= 11 is 0. The predicted molar refractivity (Wildman–Crippen MR) is 84.9 cm³/mol. The molecule has 0 aliphatic heterocycles.